The molecule has 1 aromatic carbocycles. The average molecular weight is 371 g/mol. The number of nitrogens with one attached hydrogen (secondary N) is 1. The normalized spacial score (nSPS) is 10.9. The van der Waals surface area contributed by atoms with Gasteiger partial charge in [0.1, 0.15) is 5.75 Å². The molecule has 0 radical (unpaired) electrons. The third kappa shape index (κ3) is 3.85. The standard InChI is InChI=1S/C19H21N3O5/c1-4-27-17(24)10-13-9-16(23)22-19(20-13)18(15(21-22)11-25-2)12-5-7-14(26-3)8-6-12/h5-9,21H,4,10-11H2,1-3H3. The van der Waals surface area contributed by atoms with Crippen LogP contribution in [-0.2, 0) is 27.3 Å². The van der Waals surface area contributed by atoms with Crippen LogP contribution in [0.4, 0.5) is 0 Å². The van der Waals surface area contributed by atoms with Crippen LogP contribution in [0.2, 0.25) is 0 Å². The van der Waals surface area contributed by atoms with E-state index in [1.165, 1.54) is 10.6 Å². The van der Waals surface area contributed by atoms with Crippen molar-refractivity contribution in [1.29, 1.82) is 0 Å². The van der Waals surface area contributed by atoms with Gasteiger partial charge in [0, 0.05) is 18.7 Å². The molecule has 8 heteroatoms. The van der Waals surface area contributed by atoms with Crippen LogP contribution in [0.1, 0.15) is 18.3 Å². The van der Waals surface area contributed by atoms with Gasteiger partial charge >= 0.3 is 5.97 Å². The summed E-state index contributed by atoms with van der Waals surface area (Å²) in [7, 11) is 3.17. The molecule has 0 amide bonds. The average Bonchev–Trinajstić information content (AvgIpc) is 3.01. The number of ether oxygens (including phenoxy) is 3. The highest BCUT2D eigenvalue weighted by molar-refractivity contribution is 5.80. The number of benzene rings is 1. The number of methoxy groups -OCH3 is 2. The Morgan fingerprint density at radius 3 is 2.59 bits per heavy atom. The number of hydrogen-bond donors (Lipinski definition) is 1. The molecule has 0 spiro atoms. The smallest absolute Gasteiger partial charge is 0.311 e. The first-order chi connectivity index (χ1) is 13.1. The molecule has 1 N–H and O–H groups in total. The number of nitrogens with zero attached hydrogens (tertiary/aromatic N) is 2. The SMILES string of the molecule is CCOC(=O)Cc1cc(=O)n2[nH]c(COC)c(-c3ccc(OC)cc3)c2n1. The highest BCUT2D eigenvalue weighted by atomic mass is 16.5. The lowest BCUT2D eigenvalue weighted by Gasteiger charge is -2.06. The molecular formula is C19H21N3O5. The summed E-state index contributed by atoms with van der Waals surface area (Å²) in [6.45, 7) is 2.28. The summed E-state index contributed by atoms with van der Waals surface area (Å²) in [5, 5.41) is 3.04. The minimum atomic E-state index is -0.424. The Morgan fingerprint density at radius 1 is 1.22 bits per heavy atom. The number of H-pyrrole nitrogens is 1. The van der Waals surface area contributed by atoms with E-state index in [0.717, 1.165) is 16.9 Å². The van der Waals surface area contributed by atoms with Gasteiger partial charge in [-0.25, -0.2) is 9.50 Å². The fourth-order valence-corrected chi connectivity index (χ4v) is 2.89. The molecule has 0 aliphatic heterocycles. The first-order valence-electron chi connectivity index (χ1n) is 8.49. The van der Waals surface area contributed by atoms with Crippen molar-refractivity contribution >= 4 is 11.6 Å². The molecule has 0 unspecified atom stereocenters. The predicted octanol–water partition coefficient (Wildman–Crippen LogP) is 1.95. The van der Waals surface area contributed by atoms with Gasteiger partial charge in [0.2, 0.25) is 0 Å². The molecular weight excluding hydrogens is 350 g/mol. The number of fused-ring (bicyclic) bond motifs is 1. The zero-order valence-electron chi connectivity index (χ0n) is 15.4. The summed E-state index contributed by atoms with van der Waals surface area (Å²) >= 11 is 0. The van der Waals surface area contributed by atoms with Gasteiger partial charge < -0.3 is 14.2 Å². The maximum absolute atomic E-state index is 12.5. The third-order valence-electron chi connectivity index (χ3n) is 4.04. The maximum atomic E-state index is 12.5. The van der Waals surface area contributed by atoms with Crippen molar-refractivity contribution in [1.82, 2.24) is 14.6 Å². The molecule has 0 bridgehead atoms. The van der Waals surface area contributed by atoms with E-state index >= 15 is 0 Å². The molecule has 3 rings (SSSR count). The summed E-state index contributed by atoms with van der Waals surface area (Å²) < 4.78 is 16.8. The van der Waals surface area contributed by atoms with E-state index in [4.69, 9.17) is 14.2 Å². The van der Waals surface area contributed by atoms with Crippen molar-refractivity contribution in [3.05, 3.63) is 52.1 Å². The highest BCUT2D eigenvalue weighted by Crippen LogP contribution is 2.29. The van der Waals surface area contributed by atoms with Gasteiger partial charge in [-0.2, -0.15) is 0 Å². The second kappa shape index (κ2) is 8.05. The van der Waals surface area contributed by atoms with Gasteiger partial charge in [0.05, 0.1) is 38.1 Å². The van der Waals surface area contributed by atoms with Crippen LogP contribution in [0.5, 0.6) is 5.75 Å². The first kappa shape index (κ1) is 18.7. The zero-order valence-corrected chi connectivity index (χ0v) is 15.4. The van der Waals surface area contributed by atoms with Gasteiger partial charge in [0.25, 0.3) is 5.56 Å². The Morgan fingerprint density at radius 2 is 1.96 bits per heavy atom. The van der Waals surface area contributed by atoms with E-state index in [1.54, 1.807) is 21.1 Å². The summed E-state index contributed by atoms with van der Waals surface area (Å²) in [5.41, 5.74) is 2.77. The molecule has 8 nitrogen and oxygen atoms in total. The molecule has 0 saturated carbocycles. The molecule has 0 atom stereocenters. The van der Waals surface area contributed by atoms with Crippen molar-refractivity contribution in [3.8, 4) is 16.9 Å². The Balaban J connectivity index is 2.16. The van der Waals surface area contributed by atoms with Gasteiger partial charge in [-0.05, 0) is 24.6 Å². The Labute approximate surface area is 155 Å². The lowest BCUT2D eigenvalue weighted by Crippen LogP contribution is -2.18. The molecule has 0 aliphatic rings. The number of aromatic nitrogens is 3. The van der Waals surface area contributed by atoms with Crippen molar-refractivity contribution in [2.75, 3.05) is 20.8 Å². The van der Waals surface area contributed by atoms with Crippen LogP contribution in [0, 0.1) is 0 Å². The summed E-state index contributed by atoms with van der Waals surface area (Å²) in [6, 6.07) is 8.75. The van der Waals surface area contributed by atoms with Crippen LogP contribution in [-0.4, -0.2) is 41.4 Å². The third-order valence-corrected chi connectivity index (χ3v) is 4.04. The molecule has 27 heavy (non-hydrogen) atoms. The van der Waals surface area contributed by atoms with E-state index in [9.17, 15) is 9.59 Å². The van der Waals surface area contributed by atoms with E-state index in [-0.39, 0.29) is 25.2 Å². The molecule has 2 aromatic heterocycles. The number of carbonyl (C=O) groups is 1. The monoisotopic (exact) mass is 371 g/mol. The van der Waals surface area contributed by atoms with Gasteiger partial charge in [-0.1, -0.05) is 12.1 Å². The van der Waals surface area contributed by atoms with Crippen molar-refractivity contribution in [3.63, 3.8) is 0 Å². The minimum Gasteiger partial charge on any atom is -0.497 e. The Hall–Kier alpha value is -3.13. The van der Waals surface area contributed by atoms with Gasteiger partial charge in [-0.15, -0.1) is 0 Å². The number of aromatic amines is 1. The fraction of sp³-hybridized carbons (Fsp3) is 0.316. The van der Waals surface area contributed by atoms with Gasteiger partial charge in [-0.3, -0.25) is 14.7 Å². The molecule has 0 fully saturated rings. The number of carbonyl (C=O) groups excluding carboxylic acids is 1. The largest absolute Gasteiger partial charge is 0.497 e. The molecule has 3 aromatic rings. The lowest BCUT2D eigenvalue weighted by molar-refractivity contribution is -0.142. The second-order valence-corrected chi connectivity index (χ2v) is 5.85. The van der Waals surface area contributed by atoms with E-state index in [1.807, 2.05) is 24.3 Å². The summed E-state index contributed by atoms with van der Waals surface area (Å²) in [4.78, 5) is 28.8. The minimum absolute atomic E-state index is 0.0631. The van der Waals surface area contributed by atoms with Gasteiger partial charge in [0.15, 0.2) is 5.65 Å². The van der Waals surface area contributed by atoms with Crippen LogP contribution in [0.15, 0.2) is 35.1 Å². The van der Waals surface area contributed by atoms with E-state index < -0.39 is 5.97 Å². The fourth-order valence-electron chi connectivity index (χ4n) is 2.89. The Bertz CT molecular complexity index is 1000. The highest BCUT2D eigenvalue weighted by Gasteiger charge is 2.18. The number of rotatable bonds is 7. The van der Waals surface area contributed by atoms with Crippen molar-refractivity contribution < 1.29 is 19.0 Å². The zero-order chi connectivity index (χ0) is 19.4. The molecule has 0 aliphatic carbocycles. The van der Waals surface area contributed by atoms with Crippen LogP contribution in [0.25, 0.3) is 16.8 Å². The van der Waals surface area contributed by atoms with Crippen molar-refractivity contribution in [2.45, 2.75) is 20.0 Å². The van der Waals surface area contributed by atoms with E-state index in [2.05, 4.69) is 10.1 Å². The number of hydrogen-bond acceptors (Lipinski definition) is 6. The van der Waals surface area contributed by atoms with Crippen LogP contribution >= 0.6 is 0 Å². The summed E-state index contributed by atoms with van der Waals surface area (Å²) in [5.74, 6) is 0.299. The van der Waals surface area contributed by atoms with E-state index in [0.29, 0.717) is 17.0 Å². The lowest BCUT2D eigenvalue weighted by atomic mass is 10.1. The predicted molar refractivity (Wildman–Crippen MR) is 98.9 cm³/mol. The maximum Gasteiger partial charge on any atom is 0.311 e. The topological polar surface area (TPSA) is 94.9 Å². The first-order valence-corrected chi connectivity index (χ1v) is 8.49. The summed E-state index contributed by atoms with van der Waals surface area (Å²) in [6.07, 6.45) is -0.0631. The molecule has 142 valence electrons. The second-order valence-electron chi connectivity index (χ2n) is 5.85. The molecule has 2 heterocycles. The number of esters is 1. The van der Waals surface area contributed by atoms with Crippen LogP contribution in [0.3, 0.4) is 0 Å². The van der Waals surface area contributed by atoms with Crippen LogP contribution < -0.4 is 10.3 Å². The Kier molecular flexibility index (Phi) is 5.56. The van der Waals surface area contributed by atoms with Crippen molar-refractivity contribution in [2.24, 2.45) is 0 Å². The molecule has 0 saturated heterocycles. The quantitative estimate of drug-likeness (QED) is 0.638.